The van der Waals surface area contributed by atoms with Crippen LogP contribution < -0.4 is 5.32 Å². The molecule has 2 aliphatic carbocycles. The third-order valence-corrected chi connectivity index (χ3v) is 2.91. The number of allylic oxidation sites excluding steroid dienone is 7. The standard InChI is InChI=1S/C14H17N2O2/c17-16(18)11-10-12-6-8-14(9-7-12)15-13-4-2-1-3-5-13/h1-2,4,6-8,10-11,14-15,17H,3,5,9H2/q-1/b11-10+. The van der Waals surface area contributed by atoms with E-state index >= 15 is 0 Å². The van der Waals surface area contributed by atoms with E-state index in [2.05, 4.69) is 29.6 Å². The van der Waals surface area contributed by atoms with Crippen LogP contribution in [-0.4, -0.2) is 16.5 Å². The maximum atomic E-state index is 10.3. The number of rotatable bonds is 4. The quantitative estimate of drug-likeness (QED) is 0.748. The normalized spacial score (nSPS) is 22.9. The third kappa shape index (κ3) is 3.91. The summed E-state index contributed by atoms with van der Waals surface area (Å²) < 4.78 is 0. The molecule has 0 bridgehead atoms. The molecule has 0 aromatic heterocycles. The van der Waals surface area contributed by atoms with Crippen LogP contribution in [0.25, 0.3) is 0 Å². The second kappa shape index (κ2) is 6.23. The van der Waals surface area contributed by atoms with E-state index in [1.165, 1.54) is 5.70 Å². The van der Waals surface area contributed by atoms with Gasteiger partial charge in [-0.1, -0.05) is 30.4 Å². The molecule has 0 saturated heterocycles. The fourth-order valence-electron chi connectivity index (χ4n) is 1.98. The summed E-state index contributed by atoms with van der Waals surface area (Å²) in [5, 5.41) is 22.1. The van der Waals surface area contributed by atoms with Crippen molar-refractivity contribution < 1.29 is 5.21 Å². The molecule has 0 fully saturated rings. The van der Waals surface area contributed by atoms with Crippen molar-refractivity contribution in [3.63, 3.8) is 0 Å². The predicted octanol–water partition coefficient (Wildman–Crippen LogP) is 2.77. The van der Waals surface area contributed by atoms with Crippen LogP contribution in [0.5, 0.6) is 0 Å². The van der Waals surface area contributed by atoms with Crippen LogP contribution in [0.3, 0.4) is 0 Å². The van der Waals surface area contributed by atoms with Gasteiger partial charge in [0.2, 0.25) is 0 Å². The van der Waals surface area contributed by atoms with Gasteiger partial charge < -0.3 is 15.8 Å². The minimum Gasteiger partial charge on any atom is -0.734 e. The molecule has 2 aliphatic rings. The Balaban J connectivity index is 1.85. The summed E-state index contributed by atoms with van der Waals surface area (Å²) in [4.78, 5) is 0. The van der Waals surface area contributed by atoms with Crippen molar-refractivity contribution in [3.05, 3.63) is 65.2 Å². The summed E-state index contributed by atoms with van der Waals surface area (Å²) in [5.74, 6) is 0. The average Bonchev–Trinajstić information content (AvgIpc) is 2.39. The third-order valence-electron chi connectivity index (χ3n) is 2.91. The van der Waals surface area contributed by atoms with Gasteiger partial charge in [-0.15, -0.1) is 0 Å². The first-order chi connectivity index (χ1) is 8.74. The molecule has 0 saturated carbocycles. The Labute approximate surface area is 107 Å². The summed E-state index contributed by atoms with van der Waals surface area (Å²) >= 11 is 0. The number of nitrogens with zero attached hydrogens (tertiary/aromatic N) is 1. The Morgan fingerprint density at radius 1 is 1.50 bits per heavy atom. The van der Waals surface area contributed by atoms with E-state index in [1.54, 1.807) is 6.08 Å². The molecular weight excluding hydrogens is 228 g/mol. The lowest BCUT2D eigenvalue weighted by molar-refractivity contribution is 0.0119. The first kappa shape index (κ1) is 12.7. The number of hydrogen-bond donors (Lipinski definition) is 2. The molecule has 0 radical (unpaired) electrons. The minimum atomic E-state index is -0.196. The van der Waals surface area contributed by atoms with Crippen molar-refractivity contribution >= 4 is 0 Å². The monoisotopic (exact) mass is 245 g/mol. The first-order valence-electron chi connectivity index (χ1n) is 6.08. The van der Waals surface area contributed by atoms with Crippen molar-refractivity contribution in [2.45, 2.75) is 25.3 Å². The van der Waals surface area contributed by atoms with Crippen molar-refractivity contribution in [1.82, 2.24) is 10.5 Å². The topological polar surface area (TPSA) is 58.6 Å². The SMILES string of the molecule is [O-]N(O)/C=C/C1=CCC(NC2=CC=CCC2)C=C1. The molecule has 1 unspecified atom stereocenters. The van der Waals surface area contributed by atoms with Crippen molar-refractivity contribution in [2.75, 3.05) is 0 Å². The fraction of sp³-hybridized carbons (Fsp3) is 0.286. The second-order valence-electron chi connectivity index (χ2n) is 4.33. The Morgan fingerprint density at radius 3 is 3.00 bits per heavy atom. The molecule has 18 heavy (non-hydrogen) atoms. The maximum absolute atomic E-state index is 10.3. The van der Waals surface area contributed by atoms with Crippen LogP contribution in [0.2, 0.25) is 0 Å². The summed E-state index contributed by atoms with van der Waals surface area (Å²) in [5.41, 5.74) is 2.20. The molecule has 2 N–H and O–H groups in total. The summed E-state index contributed by atoms with van der Waals surface area (Å²) in [6, 6.07) is 0.303. The molecular formula is C14H17N2O2-. The van der Waals surface area contributed by atoms with Gasteiger partial charge in [0.25, 0.3) is 0 Å². The second-order valence-corrected chi connectivity index (χ2v) is 4.33. The molecule has 0 spiro atoms. The minimum absolute atomic E-state index is 0.196. The van der Waals surface area contributed by atoms with Crippen molar-refractivity contribution in [2.24, 2.45) is 0 Å². The molecule has 96 valence electrons. The lowest BCUT2D eigenvalue weighted by atomic mass is 10.0. The van der Waals surface area contributed by atoms with Crippen LogP contribution in [-0.2, 0) is 0 Å². The van der Waals surface area contributed by atoms with Gasteiger partial charge >= 0.3 is 0 Å². The van der Waals surface area contributed by atoms with E-state index in [1.807, 2.05) is 12.2 Å². The molecule has 0 aliphatic heterocycles. The highest BCUT2D eigenvalue weighted by atomic mass is 16.8. The average molecular weight is 245 g/mol. The van der Waals surface area contributed by atoms with E-state index < -0.39 is 0 Å². The van der Waals surface area contributed by atoms with Crippen LogP contribution in [0.4, 0.5) is 0 Å². The van der Waals surface area contributed by atoms with Gasteiger partial charge in [0.15, 0.2) is 0 Å². The van der Waals surface area contributed by atoms with E-state index in [9.17, 15) is 5.21 Å². The lowest BCUT2D eigenvalue weighted by Crippen LogP contribution is -2.27. The molecule has 0 aromatic rings. The van der Waals surface area contributed by atoms with E-state index in [0.717, 1.165) is 31.0 Å². The maximum Gasteiger partial charge on any atom is 0.0479 e. The molecule has 4 nitrogen and oxygen atoms in total. The number of hydroxylamine groups is 2. The van der Waals surface area contributed by atoms with Crippen LogP contribution >= 0.6 is 0 Å². The largest absolute Gasteiger partial charge is 0.734 e. The zero-order chi connectivity index (χ0) is 12.8. The Morgan fingerprint density at radius 2 is 2.39 bits per heavy atom. The van der Waals surface area contributed by atoms with Crippen LogP contribution in [0, 0.1) is 5.21 Å². The van der Waals surface area contributed by atoms with Gasteiger partial charge in [0.05, 0.1) is 0 Å². The lowest BCUT2D eigenvalue weighted by Gasteiger charge is -2.21. The van der Waals surface area contributed by atoms with E-state index in [-0.39, 0.29) is 5.23 Å². The Kier molecular flexibility index (Phi) is 4.39. The van der Waals surface area contributed by atoms with Gasteiger partial charge in [0.1, 0.15) is 0 Å². The Hall–Kier alpha value is -1.78. The van der Waals surface area contributed by atoms with Crippen LogP contribution in [0.15, 0.2) is 60.0 Å². The number of hydrogen-bond acceptors (Lipinski definition) is 4. The summed E-state index contributed by atoms with van der Waals surface area (Å²) in [6.45, 7) is 0. The molecule has 1 atom stereocenters. The highest BCUT2D eigenvalue weighted by Crippen LogP contribution is 2.15. The van der Waals surface area contributed by atoms with Crippen LogP contribution in [0.1, 0.15) is 19.3 Å². The van der Waals surface area contributed by atoms with Crippen molar-refractivity contribution in [3.8, 4) is 0 Å². The summed E-state index contributed by atoms with van der Waals surface area (Å²) in [7, 11) is 0. The highest BCUT2D eigenvalue weighted by molar-refractivity contribution is 5.35. The Bertz CT molecular complexity index is 431. The number of nitrogens with one attached hydrogen (secondary N) is 1. The van der Waals surface area contributed by atoms with Gasteiger partial charge in [0, 0.05) is 17.9 Å². The van der Waals surface area contributed by atoms with E-state index in [4.69, 9.17) is 5.21 Å². The highest BCUT2D eigenvalue weighted by Gasteiger charge is 2.09. The van der Waals surface area contributed by atoms with Gasteiger partial charge in [-0.05, 0) is 37.0 Å². The zero-order valence-electron chi connectivity index (χ0n) is 10.1. The first-order valence-corrected chi connectivity index (χ1v) is 6.08. The molecule has 4 heteroatoms. The van der Waals surface area contributed by atoms with Gasteiger partial charge in [-0.2, -0.15) is 0 Å². The van der Waals surface area contributed by atoms with Crippen molar-refractivity contribution in [1.29, 1.82) is 0 Å². The predicted molar refractivity (Wildman–Crippen MR) is 71.4 cm³/mol. The summed E-state index contributed by atoms with van der Waals surface area (Å²) in [6.07, 6.45) is 18.1. The molecule has 0 aromatic carbocycles. The smallest absolute Gasteiger partial charge is 0.0479 e. The zero-order valence-corrected chi connectivity index (χ0v) is 10.1. The van der Waals surface area contributed by atoms with Gasteiger partial charge in [-0.3, -0.25) is 5.21 Å². The fourth-order valence-corrected chi connectivity index (χ4v) is 1.98. The molecule has 0 heterocycles. The molecule has 0 amide bonds. The van der Waals surface area contributed by atoms with E-state index in [0.29, 0.717) is 6.04 Å². The van der Waals surface area contributed by atoms with Gasteiger partial charge in [-0.25, -0.2) is 0 Å². The molecule has 2 rings (SSSR count).